The summed E-state index contributed by atoms with van der Waals surface area (Å²) in [7, 11) is 0. The Morgan fingerprint density at radius 1 is 1.10 bits per heavy atom. The van der Waals surface area contributed by atoms with Crippen LogP contribution in [0.4, 0.5) is 3.89 Å². The number of nitrogens with two attached hydrogens (primary N) is 3. The fourth-order valence-electron chi connectivity index (χ4n) is 1.78. The molecule has 186 valence electrons. The summed E-state index contributed by atoms with van der Waals surface area (Å²) in [6.07, 6.45) is 2.41. The number of primary amides is 1. The zero-order chi connectivity index (χ0) is 25.2. The molecule has 12 heteroatoms. The highest BCUT2D eigenvalue weighted by molar-refractivity contribution is 7.94. The van der Waals surface area contributed by atoms with E-state index in [4.69, 9.17) is 21.4 Å². The molecule has 9 N–H and O–H groups in total. The van der Waals surface area contributed by atoms with Gasteiger partial charge in [0.15, 0.2) is 0 Å². The molecule has 0 radical (unpaired) electrons. The fraction of sp³-hybridized carbons (Fsp3) is 0.789. The van der Waals surface area contributed by atoms with Gasteiger partial charge in [-0.1, -0.05) is 27.7 Å². The van der Waals surface area contributed by atoms with Crippen molar-refractivity contribution in [3.05, 3.63) is 0 Å². The van der Waals surface area contributed by atoms with E-state index in [9.17, 15) is 18.3 Å². The van der Waals surface area contributed by atoms with Crippen LogP contribution in [0.1, 0.15) is 66.7 Å². The van der Waals surface area contributed by atoms with Crippen LogP contribution >= 0.6 is 12.1 Å². The van der Waals surface area contributed by atoms with E-state index in [2.05, 4.69) is 16.4 Å². The van der Waals surface area contributed by atoms with E-state index in [1.807, 2.05) is 20.8 Å². The van der Waals surface area contributed by atoms with Gasteiger partial charge >= 0.3 is 5.97 Å². The van der Waals surface area contributed by atoms with Gasteiger partial charge in [0, 0.05) is 23.8 Å². The Kier molecular flexibility index (Phi) is 33.0. The number of nitrogens with one attached hydrogen (secondary N) is 2. The second kappa shape index (κ2) is 28.1. The van der Waals surface area contributed by atoms with Crippen molar-refractivity contribution in [2.45, 2.75) is 84.1 Å². The molecule has 1 unspecified atom stereocenters. The Morgan fingerprint density at radius 2 is 1.58 bits per heavy atom. The van der Waals surface area contributed by atoms with Crippen molar-refractivity contribution in [1.29, 1.82) is 0 Å². The lowest BCUT2D eigenvalue weighted by atomic mass is 10.1. The quantitative estimate of drug-likeness (QED) is 0.180. The zero-order valence-corrected chi connectivity index (χ0v) is 20.2. The lowest BCUT2D eigenvalue weighted by Gasteiger charge is -2.20. The van der Waals surface area contributed by atoms with E-state index < -0.39 is 24.0 Å². The third kappa shape index (κ3) is 28.1. The molecule has 0 bridgehead atoms. The van der Waals surface area contributed by atoms with Crippen molar-refractivity contribution in [2.75, 3.05) is 13.1 Å². The first-order chi connectivity index (χ1) is 14.6. The standard InChI is InChI=1S/C14H26FN3O4S.C2H7N.C2H6.CH3NO/c1-9(23-15)6-7-12(19)18-11(5-3-4-8-16)13(20)17-10(2)14(21)22;1-2-3;1-2;2-1-3/h9-11H,3-8,16H2,1-2H3,(H,17,20)(H,18,19)(H,21,22);2-3H2,1H3;1-2H3;1H,(H2,2,3)/t9?,10-,11-;;;/m0.../s1. The van der Waals surface area contributed by atoms with Crippen molar-refractivity contribution in [3.8, 4) is 0 Å². The van der Waals surface area contributed by atoms with Gasteiger partial charge in [-0.05, 0) is 45.7 Å². The molecule has 3 atom stereocenters. The van der Waals surface area contributed by atoms with E-state index in [1.54, 1.807) is 6.92 Å². The van der Waals surface area contributed by atoms with Crippen LogP contribution < -0.4 is 27.8 Å². The third-order valence-electron chi connectivity index (χ3n) is 3.26. The van der Waals surface area contributed by atoms with Gasteiger partial charge in [0.1, 0.15) is 12.1 Å². The predicted octanol–water partition coefficient (Wildman–Crippen LogP) is 1.07. The van der Waals surface area contributed by atoms with Crippen molar-refractivity contribution in [3.63, 3.8) is 0 Å². The third-order valence-corrected chi connectivity index (χ3v) is 3.80. The van der Waals surface area contributed by atoms with Crippen LogP contribution in [0.15, 0.2) is 0 Å². The highest BCUT2D eigenvalue weighted by atomic mass is 32.2. The summed E-state index contributed by atoms with van der Waals surface area (Å²) in [4.78, 5) is 43.3. The SMILES string of the molecule is CC.CC(CCC(=O)N[C@@H](CCCCN)C(=O)N[C@@H](C)C(=O)O)SF.CCN.NC=O. The molecule has 0 aliphatic rings. The molecule has 3 amide bonds. The van der Waals surface area contributed by atoms with Gasteiger partial charge in [0.05, 0.1) is 0 Å². The summed E-state index contributed by atoms with van der Waals surface area (Å²) in [5.41, 5.74) is 14.4. The molecule has 0 aliphatic carbocycles. The minimum absolute atomic E-state index is 0.104. The number of unbranched alkanes of at least 4 members (excludes halogenated alkanes) is 1. The van der Waals surface area contributed by atoms with Crippen LogP contribution in [-0.4, -0.2) is 59.7 Å². The number of carboxylic acids is 1. The van der Waals surface area contributed by atoms with Crippen LogP contribution in [0.3, 0.4) is 0 Å². The molecule has 0 saturated carbocycles. The predicted molar refractivity (Wildman–Crippen MR) is 124 cm³/mol. The maximum absolute atomic E-state index is 12.3. The maximum Gasteiger partial charge on any atom is 0.325 e. The highest BCUT2D eigenvalue weighted by Gasteiger charge is 2.23. The molecule has 0 saturated heterocycles. The second-order valence-corrected chi connectivity index (χ2v) is 6.94. The minimum Gasteiger partial charge on any atom is -0.480 e. The highest BCUT2D eigenvalue weighted by Crippen LogP contribution is 2.16. The average molecular weight is 472 g/mol. The number of carbonyl (C=O) groups excluding carboxylic acids is 3. The van der Waals surface area contributed by atoms with Gasteiger partial charge in [0.2, 0.25) is 18.2 Å². The molecular weight excluding hydrogens is 429 g/mol. The van der Waals surface area contributed by atoms with E-state index >= 15 is 0 Å². The van der Waals surface area contributed by atoms with E-state index in [1.165, 1.54) is 6.92 Å². The molecule has 0 rings (SSSR count). The Bertz CT molecular complexity index is 461. The van der Waals surface area contributed by atoms with Crippen molar-refractivity contribution in [1.82, 2.24) is 10.6 Å². The summed E-state index contributed by atoms with van der Waals surface area (Å²) in [6.45, 7) is 10.1. The number of hydrogen-bond acceptors (Lipinski definition) is 7. The largest absolute Gasteiger partial charge is 0.480 e. The number of aliphatic carboxylic acids is 1. The molecule has 0 aromatic rings. The Balaban J connectivity index is -0.000000395. The van der Waals surface area contributed by atoms with Gasteiger partial charge < -0.3 is 32.9 Å². The Labute approximate surface area is 189 Å². The molecule has 0 spiro atoms. The monoisotopic (exact) mass is 471 g/mol. The molecular formula is C19H42FN5O5S. The lowest BCUT2D eigenvalue weighted by molar-refractivity contribution is -0.141. The molecule has 0 fully saturated rings. The van der Waals surface area contributed by atoms with Crippen LogP contribution in [-0.2, 0) is 19.2 Å². The number of rotatable bonds is 12. The normalized spacial score (nSPS) is 12.0. The fourth-order valence-corrected chi connectivity index (χ4v) is 1.99. The summed E-state index contributed by atoms with van der Waals surface area (Å²) in [5.74, 6) is -2.06. The number of carbonyl (C=O) groups is 4. The van der Waals surface area contributed by atoms with Crippen molar-refractivity contribution >= 4 is 36.3 Å². The maximum atomic E-state index is 12.3. The molecule has 0 heterocycles. The number of carboxylic acid groups (broad SMARTS) is 1. The Morgan fingerprint density at radius 3 is 1.97 bits per heavy atom. The van der Waals surface area contributed by atoms with E-state index in [-0.39, 0.29) is 36.1 Å². The van der Waals surface area contributed by atoms with Crippen LogP contribution in [0.2, 0.25) is 0 Å². The Hall–Kier alpha value is -1.92. The first-order valence-electron chi connectivity index (χ1n) is 10.3. The van der Waals surface area contributed by atoms with Crippen LogP contribution in [0.5, 0.6) is 0 Å². The van der Waals surface area contributed by atoms with Crippen molar-refractivity contribution < 1.29 is 28.2 Å². The zero-order valence-electron chi connectivity index (χ0n) is 19.4. The van der Waals surface area contributed by atoms with Gasteiger partial charge in [-0.2, -0.15) is 3.89 Å². The summed E-state index contributed by atoms with van der Waals surface area (Å²) in [5, 5.41) is 13.5. The summed E-state index contributed by atoms with van der Waals surface area (Å²) in [6, 6.07) is -1.86. The van der Waals surface area contributed by atoms with Gasteiger partial charge in [-0.15, -0.1) is 0 Å². The van der Waals surface area contributed by atoms with E-state index in [0.29, 0.717) is 32.2 Å². The second-order valence-electron chi connectivity index (χ2n) is 5.96. The number of amides is 3. The first kappa shape index (κ1) is 36.5. The average Bonchev–Trinajstić information content (AvgIpc) is 2.73. The van der Waals surface area contributed by atoms with Crippen LogP contribution in [0, 0.1) is 0 Å². The first-order valence-corrected chi connectivity index (χ1v) is 11.1. The summed E-state index contributed by atoms with van der Waals surface area (Å²) < 4.78 is 12.3. The van der Waals surface area contributed by atoms with E-state index in [0.717, 1.165) is 6.54 Å². The molecule has 0 aromatic heterocycles. The topological polar surface area (TPSA) is 191 Å². The minimum atomic E-state index is -1.15. The smallest absolute Gasteiger partial charge is 0.325 e. The van der Waals surface area contributed by atoms with Gasteiger partial charge in [-0.25, -0.2) is 0 Å². The number of hydrogen-bond donors (Lipinski definition) is 6. The lowest BCUT2D eigenvalue weighted by Crippen LogP contribution is -2.50. The molecule has 31 heavy (non-hydrogen) atoms. The van der Waals surface area contributed by atoms with Gasteiger partial charge in [-0.3, -0.25) is 19.2 Å². The molecule has 0 aromatic carbocycles. The van der Waals surface area contributed by atoms with Crippen LogP contribution in [0.25, 0.3) is 0 Å². The van der Waals surface area contributed by atoms with Crippen molar-refractivity contribution in [2.24, 2.45) is 17.2 Å². The van der Waals surface area contributed by atoms with Gasteiger partial charge in [0.25, 0.3) is 0 Å². The molecule has 10 nitrogen and oxygen atoms in total. The number of halogens is 1. The molecule has 0 aliphatic heterocycles. The summed E-state index contributed by atoms with van der Waals surface area (Å²) >= 11 is 0.182.